The number of pyridine rings is 1. The highest BCUT2D eigenvalue weighted by atomic mass is 16.1. The maximum absolute atomic E-state index is 12.3. The van der Waals surface area contributed by atoms with E-state index in [4.69, 9.17) is 5.26 Å². The number of nitrogens with zero attached hydrogens (tertiary/aromatic N) is 2. The number of fused-ring (bicyclic) bond motifs is 1. The first-order valence-electron chi connectivity index (χ1n) is 6.53. The van der Waals surface area contributed by atoms with E-state index in [-0.39, 0.29) is 11.0 Å². The zero-order valence-corrected chi connectivity index (χ0v) is 11.4. The Kier molecular flexibility index (Phi) is 3.71. The normalized spacial score (nSPS) is 11.4. The molecule has 1 aromatic heterocycles. The third kappa shape index (κ3) is 3.03. The quantitative estimate of drug-likeness (QED) is 0.840. The van der Waals surface area contributed by atoms with Crippen LogP contribution in [0.3, 0.4) is 0 Å². The molecule has 0 saturated heterocycles. The van der Waals surface area contributed by atoms with Gasteiger partial charge in [0, 0.05) is 18.1 Å². The molecule has 98 valence electrons. The summed E-state index contributed by atoms with van der Waals surface area (Å²) >= 11 is 0. The lowest BCUT2D eigenvalue weighted by Crippen LogP contribution is -2.20. The van der Waals surface area contributed by atoms with E-state index < -0.39 is 0 Å². The van der Waals surface area contributed by atoms with Crippen LogP contribution in [0, 0.1) is 16.7 Å². The summed E-state index contributed by atoms with van der Waals surface area (Å²) in [5.41, 5.74) is -0.270. The van der Waals surface area contributed by atoms with Crippen LogP contribution in [-0.2, 0) is 6.54 Å². The Balaban J connectivity index is 2.17. The molecule has 3 nitrogen and oxygen atoms in total. The van der Waals surface area contributed by atoms with Gasteiger partial charge < -0.3 is 4.57 Å². The second-order valence-electron chi connectivity index (χ2n) is 5.50. The SMILES string of the molecule is CC(C)(C#N)CCCn1ccc2ccccc2c1=O. The maximum atomic E-state index is 12.3. The molecule has 3 heteroatoms. The first kappa shape index (κ1) is 13.4. The number of benzene rings is 1. The van der Waals surface area contributed by atoms with Gasteiger partial charge in [-0.05, 0) is 44.2 Å². The van der Waals surface area contributed by atoms with E-state index >= 15 is 0 Å². The Morgan fingerprint density at radius 2 is 2.00 bits per heavy atom. The Bertz CT molecular complexity index is 677. The van der Waals surface area contributed by atoms with Crippen molar-refractivity contribution in [1.82, 2.24) is 4.57 Å². The molecule has 0 spiro atoms. The van der Waals surface area contributed by atoms with Gasteiger partial charge in [0.1, 0.15) is 0 Å². The predicted octanol–water partition coefficient (Wildman–Crippen LogP) is 3.33. The van der Waals surface area contributed by atoms with Crippen molar-refractivity contribution in [3.05, 3.63) is 46.9 Å². The fraction of sp³-hybridized carbons (Fsp3) is 0.375. The zero-order chi connectivity index (χ0) is 13.9. The molecule has 2 aromatic rings. The second-order valence-corrected chi connectivity index (χ2v) is 5.50. The van der Waals surface area contributed by atoms with E-state index in [9.17, 15) is 4.79 Å². The van der Waals surface area contributed by atoms with E-state index in [1.807, 2.05) is 50.4 Å². The number of aryl methyl sites for hydroxylation is 1. The Labute approximate surface area is 113 Å². The lowest BCUT2D eigenvalue weighted by atomic mass is 9.90. The summed E-state index contributed by atoms with van der Waals surface area (Å²) in [4.78, 5) is 12.3. The highest BCUT2D eigenvalue weighted by Gasteiger charge is 2.15. The zero-order valence-electron chi connectivity index (χ0n) is 11.4. The van der Waals surface area contributed by atoms with Crippen molar-refractivity contribution in [2.45, 2.75) is 33.2 Å². The molecule has 0 fully saturated rings. The van der Waals surface area contributed by atoms with Crippen LogP contribution in [0.5, 0.6) is 0 Å². The summed E-state index contributed by atoms with van der Waals surface area (Å²) in [6, 6.07) is 11.9. The third-order valence-electron chi connectivity index (χ3n) is 3.39. The van der Waals surface area contributed by atoms with Gasteiger partial charge in [-0.3, -0.25) is 4.79 Å². The minimum absolute atomic E-state index is 0.0489. The molecule has 0 unspecified atom stereocenters. The molecule has 2 rings (SSSR count). The highest BCUT2D eigenvalue weighted by molar-refractivity contribution is 5.81. The predicted molar refractivity (Wildman–Crippen MR) is 76.8 cm³/mol. The molecular formula is C16H18N2O. The van der Waals surface area contributed by atoms with Crippen molar-refractivity contribution in [2.75, 3.05) is 0 Å². The van der Waals surface area contributed by atoms with Crippen LogP contribution in [-0.4, -0.2) is 4.57 Å². The molecule has 19 heavy (non-hydrogen) atoms. The number of hydrogen-bond donors (Lipinski definition) is 0. The van der Waals surface area contributed by atoms with Crippen molar-refractivity contribution < 1.29 is 0 Å². The van der Waals surface area contributed by atoms with Gasteiger partial charge >= 0.3 is 0 Å². The third-order valence-corrected chi connectivity index (χ3v) is 3.39. The van der Waals surface area contributed by atoms with Crippen molar-refractivity contribution >= 4 is 10.8 Å². The molecule has 0 aliphatic rings. The largest absolute Gasteiger partial charge is 0.315 e. The van der Waals surface area contributed by atoms with E-state index in [0.717, 1.165) is 23.6 Å². The molecule has 0 N–H and O–H groups in total. The monoisotopic (exact) mass is 254 g/mol. The van der Waals surface area contributed by atoms with Gasteiger partial charge in [-0.25, -0.2) is 0 Å². The second kappa shape index (κ2) is 5.27. The van der Waals surface area contributed by atoms with E-state index in [1.54, 1.807) is 4.57 Å². The molecule has 0 atom stereocenters. The van der Waals surface area contributed by atoms with Crippen molar-refractivity contribution in [3.63, 3.8) is 0 Å². The lowest BCUT2D eigenvalue weighted by molar-refractivity contribution is 0.414. The number of hydrogen-bond acceptors (Lipinski definition) is 2. The molecule has 0 amide bonds. The Morgan fingerprint density at radius 3 is 2.74 bits per heavy atom. The van der Waals surface area contributed by atoms with Gasteiger partial charge in [0.15, 0.2) is 0 Å². The maximum Gasteiger partial charge on any atom is 0.258 e. The number of rotatable bonds is 4. The van der Waals surface area contributed by atoms with Gasteiger partial charge in [-0.2, -0.15) is 5.26 Å². The van der Waals surface area contributed by atoms with Gasteiger partial charge in [-0.15, -0.1) is 0 Å². The minimum atomic E-state index is -0.319. The molecule has 0 aliphatic carbocycles. The average Bonchev–Trinajstić information content (AvgIpc) is 2.42. The standard InChI is InChI=1S/C16H18N2O/c1-16(2,12-17)9-5-10-18-11-8-13-6-3-4-7-14(13)15(18)19/h3-4,6-8,11H,5,9-10H2,1-2H3. The van der Waals surface area contributed by atoms with Crippen molar-refractivity contribution in [3.8, 4) is 6.07 Å². The van der Waals surface area contributed by atoms with Crippen LogP contribution in [0.2, 0.25) is 0 Å². The summed E-state index contributed by atoms with van der Waals surface area (Å²) in [6.07, 6.45) is 3.46. The Morgan fingerprint density at radius 1 is 1.26 bits per heavy atom. The number of aromatic nitrogens is 1. The molecule has 0 saturated carbocycles. The van der Waals surface area contributed by atoms with Crippen LogP contribution in [0.1, 0.15) is 26.7 Å². The summed E-state index contributed by atoms with van der Waals surface area (Å²) in [5.74, 6) is 0. The molecule has 0 radical (unpaired) electrons. The van der Waals surface area contributed by atoms with Crippen LogP contribution in [0.25, 0.3) is 10.8 Å². The van der Waals surface area contributed by atoms with Crippen LogP contribution in [0.15, 0.2) is 41.3 Å². The summed E-state index contributed by atoms with van der Waals surface area (Å²) in [6.45, 7) is 4.51. The van der Waals surface area contributed by atoms with Crippen LogP contribution in [0.4, 0.5) is 0 Å². The summed E-state index contributed by atoms with van der Waals surface area (Å²) in [7, 11) is 0. The summed E-state index contributed by atoms with van der Waals surface area (Å²) in [5, 5.41) is 10.7. The van der Waals surface area contributed by atoms with E-state index in [1.165, 1.54) is 0 Å². The first-order chi connectivity index (χ1) is 9.03. The van der Waals surface area contributed by atoms with Gasteiger partial charge in [0.25, 0.3) is 5.56 Å². The Hall–Kier alpha value is -2.08. The molecule has 1 heterocycles. The molecule has 0 aliphatic heterocycles. The van der Waals surface area contributed by atoms with Crippen molar-refractivity contribution in [2.24, 2.45) is 5.41 Å². The summed E-state index contributed by atoms with van der Waals surface area (Å²) < 4.78 is 1.73. The fourth-order valence-electron chi connectivity index (χ4n) is 2.15. The minimum Gasteiger partial charge on any atom is -0.315 e. The molecule has 0 bridgehead atoms. The van der Waals surface area contributed by atoms with Crippen LogP contribution < -0.4 is 5.56 Å². The average molecular weight is 254 g/mol. The topological polar surface area (TPSA) is 45.8 Å². The smallest absolute Gasteiger partial charge is 0.258 e. The first-order valence-corrected chi connectivity index (χ1v) is 6.53. The van der Waals surface area contributed by atoms with Crippen LogP contribution >= 0.6 is 0 Å². The van der Waals surface area contributed by atoms with Gasteiger partial charge in [-0.1, -0.05) is 18.2 Å². The lowest BCUT2D eigenvalue weighted by Gasteiger charge is -2.15. The fourth-order valence-corrected chi connectivity index (χ4v) is 2.15. The van der Waals surface area contributed by atoms with E-state index in [0.29, 0.717) is 6.54 Å². The number of nitriles is 1. The molecule has 1 aromatic carbocycles. The van der Waals surface area contributed by atoms with E-state index in [2.05, 4.69) is 6.07 Å². The van der Waals surface area contributed by atoms with Gasteiger partial charge in [0.05, 0.1) is 11.5 Å². The van der Waals surface area contributed by atoms with Gasteiger partial charge in [0.2, 0.25) is 0 Å². The molecular weight excluding hydrogens is 236 g/mol. The van der Waals surface area contributed by atoms with Crippen molar-refractivity contribution in [1.29, 1.82) is 5.26 Å². The highest BCUT2D eigenvalue weighted by Crippen LogP contribution is 2.20.